The normalized spacial score (nSPS) is 22.7. The van der Waals surface area contributed by atoms with Crippen molar-refractivity contribution in [2.45, 2.75) is 50.9 Å². The smallest absolute Gasteiger partial charge is 0.236 e. The Balaban J connectivity index is 1.04. The lowest BCUT2D eigenvalue weighted by atomic mass is 9.76. The zero-order chi connectivity index (χ0) is 30.1. The zero-order valence-electron chi connectivity index (χ0n) is 25.0. The predicted molar refractivity (Wildman–Crippen MR) is 178 cm³/mol. The van der Waals surface area contributed by atoms with E-state index < -0.39 is 0 Å². The molecule has 1 aromatic carbocycles. The summed E-state index contributed by atoms with van der Waals surface area (Å²) in [4.78, 5) is 39.8. The van der Waals surface area contributed by atoms with E-state index in [0.29, 0.717) is 30.7 Å². The van der Waals surface area contributed by atoms with Gasteiger partial charge in [-0.3, -0.25) is 19.5 Å². The van der Waals surface area contributed by atoms with Gasteiger partial charge in [0.1, 0.15) is 0 Å². The molecule has 43 heavy (non-hydrogen) atoms. The highest BCUT2D eigenvalue weighted by Gasteiger charge is 2.37. The molecule has 2 aromatic rings. The van der Waals surface area contributed by atoms with Gasteiger partial charge in [-0.25, -0.2) is 0 Å². The van der Waals surface area contributed by atoms with Gasteiger partial charge >= 0.3 is 0 Å². The number of nitrogens with zero attached hydrogens (tertiary/aromatic N) is 5. The quantitative estimate of drug-likeness (QED) is 0.400. The number of halogens is 3. The van der Waals surface area contributed by atoms with E-state index in [0.717, 1.165) is 105 Å². The minimum absolute atomic E-state index is 0.183. The largest absolute Gasteiger partial charge is 0.343 e. The van der Waals surface area contributed by atoms with E-state index in [1.165, 1.54) is 22.4 Å². The summed E-state index contributed by atoms with van der Waals surface area (Å²) in [5.41, 5.74) is 5.09. The molecule has 0 N–H and O–H groups in total. The summed E-state index contributed by atoms with van der Waals surface area (Å²) in [6.45, 7) is 7.48. The molecular formula is C33H42Br2ClN5O2. The van der Waals surface area contributed by atoms with E-state index in [-0.39, 0.29) is 11.8 Å². The molecule has 4 aliphatic rings. The number of aryl methyl sites for hydroxylation is 2. The lowest BCUT2D eigenvalue weighted by molar-refractivity contribution is -0.136. The topological polar surface area (TPSA) is 60.0 Å². The second-order valence-corrected chi connectivity index (χ2v) is 15.2. The van der Waals surface area contributed by atoms with E-state index in [1.54, 1.807) is 0 Å². The summed E-state index contributed by atoms with van der Waals surface area (Å²) >= 11 is 14.0. The van der Waals surface area contributed by atoms with Crippen LogP contribution in [0.4, 0.5) is 0 Å². The number of fused-ring (bicyclic) bond motifs is 2. The minimum Gasteiger partial charge on any atom is -0.343 e. The highest BCUT2D eigenvalue weighted by Crippen LogP contribution is 2.46. The maximum atomic E-state index is 13.4. The van der Waals surface area contributed by atoms with Crippen molar-refractivity contribution < 1.29 is 9.59 Å². The van der Waals surface area contributed by atoms with Crippen molar-refractivity contribution in [3.05, 3.63) is 60.7 Å². The van der Waals surface area contributed by atoms with Gasteiger partial charge < -0.3 is 14.7 Å². The van der Waals surface area contributed by atoms with Gasteiger partial charge in [0.15, 0.2) is 0 Å². The summed E-state index contributed by atoms with van der Waals surface area (Å²) in [6, 6.07) is 6.37. The Kier molecular flexibility index (Phi) is 10.1. The fourth-order valence-corrected chi connectivity index (χ4v) is 9.08. The third kappa shape index (κ3) is 7.32. The molecule has 1 atom stereocenters. The molecule has 3 fully saturated rings. The molecule has 3 saturated heterocycles. The molecule has 3 aliphatic heterocycles. The summed E-state index contributed by atoms with van der Waals surface area (Å²) in [5.74, 6) is 1.54. The number of hydrogen-bond acceptors (Lipinski definition) is 5. The molecule has 0 bridgehead atoms. The van der Waals surface area contributed by atoms with E-state index >= 15 is 0 Å². The van der Waals surface area contributed by atoms with Crippen molar-refractivity contribution in [3.63, 3.8) is 0 Å². The van der Waals surface area contributed by atoms with Crippen LogP contribution in [-0.4, -0.2) is 102 Å². The summed E-state index contributed by atoms with van der Waals surface area (Å²) < 4.78 is 2.08. The van der Waals surface area contributed by atoms with Crippen molar-refractivity contribution in [3.8, 4) is 0 Å². The van der Waals surface area contributed by atoms with Crippen LogP contribution in [0.25, 0.3) is 0 Å². The summed E-state index contributed by atoms with van der Waals surface area (Å²) in [6.07, 6.45) is 8.35. The monoisotopic (exact) mass is 733 g/mol. The van der Waals surface area contributed by atoms with Gasteiger partial charge in [0.05, 0.1) is 12.2 Å². The second-order valence-electron chi connectivity index (χ2n) is 13.0. The zero-order valence-corrected chi connectivity index (χ0v) is 29.0. The minimum atomic E-state index is 0.183. The molecule has 2 amide bonds. The number of carbonyl (C=O) groups excluding carboxylic acids is 2. The number of piperidine rings is 2. The molecule has 6 rings (SSSR count). The summed E-state index contributed by atoms with van der Waals surface area (Å²) in [5, 5.41) is 0.761. The Morgan fingerprint density at radius 2 is 1.53 bits per heavy atom. The fourth-order valence-electron chi connectivity index (χ4n) is 7.58. The van der Waals surface area contributed by atoms with Crippen LogP contribution in [0.3, 0.4) is 0 Å². The van der Waals surface area contributed by atoms with Crippen LogP contribution in [-0.2, 0) is 22.4 Å². The average Bonchev–Trinajstić information content (AvgIpc) is 3.15. The van der Waals surface area contributed by atoms with Crippen LogP contribution in [0.5, 0.6) is 0 Å². The maximum Gasteiger partial charge on any atom is 0.236 e. The maximum absolute atomic E-state index is 13.4. The molecule has 10 heteroatoms. The predicted octanol–water partition coefficient (Wildman–Crippen LogP) is 5.61. The molecule has 1 aliphatic carbocycles. The van der Waals surface area contributed by atoms with Crippen LogP contribution in [0.15, 0.2) is 33.3 Å². The number of amides is 2. The number of hydrogen-bond donors (Lipinski definition) is 0. The van der Waals surface area contributed by atoms with E-state index in [2.05, 4.69) is 65.7 Å². The number of rotatable bonds is 5. The summed E-state index contributed by atoms with van der Waals surface area (Å²) in [7, 11) is 2.11. The van der Waals surface area contributed by atoms with Gasteiger partial charge in [-0.2, -0.15) is 0 Å². The van der Waals surface area contributed by atoms with Crippen molar-refractivity contribution >= 4 is 55.3 Å². The lowest BCUT2D eigenvalue weighted by Crippen LogP contribution is -2.51. The molecular weight excluding hydrogens is 694 g/mol. The van der Waals surface area contributed by atoms with Gasteiger partial charge in [0.2, 0.25) is 11.8 Å². The third-order valence-electron chi connectivity index (χ3n) is 10.2. The van der Waals surface area contributed by atoms with E-state index in [9.17, 15) is 9.59 Å². The van der Waals surface area contributed by atoms with Crippen LogP contribution >= 0.6 is 43.5 Å². The molecule has 0 spiro atoms. The van der Waals surface area contributed by atoms with Crippen LogP contribution in [0.2, 0.25) is 5.02 Å². The fraction of sp³-hybridized carbons (Fsp3) is 0.606. The molecule has 0 radical (unpaired) electrons. The Bertz CT molecular complexity index is 1330. The third-order valence-corrected chi connectivity index (χ3v) is 11.5. The number of piperazine rings is 1. The van der Waals surface area contributed by atoms with Crippen molar-refractivity contribution in [1.29, 1.82) is 0 Å². The first-order valence-corrected chi connectivity index (χ1v) is 17.8. The van der Waals surface area contributed by atoms with E-state index in [1.807, 2.05) is 17.2 Å². The van der Waals surface area contributed by atoms with Crippen LogP contribution in [0.1, 0.15) is 60.4 Å². The van der Waals surface area contributed by atoms with Crippen molar-refractivity contribution in [2.24, 2.45) is 11.8 Å². The van der Waals surface area contributed by atoms with Gasteiger partial charge in [0, 0.05) is 71.8 Å². The van der Waals surface area contributed by atoms with Crippen molar-refractivity contribution in [1.82, 2.24) is 24.6 Å². The Morgan fingerprint density at radius 1 is 0.860 bits per heavy atom. The molecule has 7 nitrogen and oxygen atoms in total. The number of likely N-dealkylation sites (tertiary alicyclic amines) is 2. The highest BCUT2D eigenvalue weighted by atomic mass is 79.9. The Morgan fingerprint density at radius 3 is 2.26 bits per heavy atom. The van der Waals surface area contributed by atoms with Crippen molar-refractivity contribution in [2.75, 3.05) is 66.0 Å². The molecule has 232 valence electrons. The highest BCUT2D eigenvalue weighted by molar-refractivity contribution is 9.10. The van der Waals surface area contributed by atoms with Gasteiger partial charge in [-0.1, -0.05) is 27.5 Å². The van der Waals surface area contributed by atoms with E-state index in [4.69, 9.17) is 16.6 Å². The first-order valence-electron chi connectivity index (χ1n) is 15.8. The first kappa shape index (κ1) is 31.5. The Labute approximate surface area is 277 Å². The Hall–Kier alpha value is -1.52. The number of pyridine rings is 1. The lowest BCUT2D eigenvalue weighted by Gasteiger charge is -2.38. The first-order chi connectivity index (χ1) is 20.7. The van der Waals surface area contributed by atoms with Crippen LogP contribution in [0, 0.1) is 11.8 Å². The number of likely N-dealkylation sites (N-methyl/N-ethyl adjacent to an activating group) is 1. The second kappa shape index (κ2) is 13.9. The molecule has 1 aromatic heterocycles. The van der Waals surface area contributed by atoms with Gasteiger partial charge in [0.25, 0.3) is 0 Å². The SMILES string of the molecule is CN1CCN(C(=O)CN2CCC(CC(=O)N3CCC([C@H]4c5ncc(Br)cc5CCc5cc(Cl)cc(Br)c54)CC3)CC2)CC1. The number of carbonyl (C=O) groups is 2. The van der Waals surface area contributed by atoms with Gasteiger partial charge in [-0.05, 0) is 121 Å². The standard InChI is InChI=1S/C33H42Br2ClN5O2/c1-38-12-14-41(15-13-38)30(43)21-39-8-4-22(5-9-39)16-29(42)40-10-6-23(7-11-40)32-31-24(18-27(36)19-28(31)35)2-3-25-17-26(34)20-37-33(25)32/h17-20,22-23,32H,2-16,21H2,1H3/t32-/m1/s1. The van der Waals surface area contributed by atoms with Gasteiger partial charge in [-0.15, -0.1) is 0 Å². The number of aromatic nitrogens is 1. The molecule has 0 unspecified atom stereocenters. The molecule has 4 heterocycles. The van der Waals surface area contributed by atoms with Crippen LogP contribution < -0.4 is 0 Å². The average molecular weight is 736 g/mol. The molecule has 0 saturated carbocycles. The number of benzene rings is 1.